The number of piperidine rings is 2. The highest BCUT2D eigenvalue weighted by atomic mass is 19.4. The highest BCUT2D eigenvalue weighted by Gasteiger charge is 2.47. The van der Waals surface area contributed by atoms with Gasteiger partial charge in [0.1, 0.15) is 11.6 Å². The standard InChI is InChI=1S/C44H43F3N8O5/c1-48-35-7-3-29(24-34(35)44(45,46)47)49-42(60)43(14-2-15-43)54-18-13-28-23-30(5-8-36(28)54)52-16-11-27(12-17-52)26-51-19-21-53(22-20-51)31-4-6-32-33(25-31)41(59)55(40(32)58)37-9-10-38(56)50-39(37)57/h3-8,13,18,23-25,27,37H,2,9-12,14-17,19-22,26H2,(H,49,60)(H,50,56,57). The van der Waals surface area contributed by atoms with Gasteiger partial charge >= 0.3 is 6.18 Å². The molecule has 0 radical (unpaired) electrons. The molecule has 1 unspecified atom stereocenters. The monoisotopic (exact) mass is 820 g/mol. The van der Waals surface area contributed by atoms with E-state index in [2.05, 4.69) is 42.3 Å². The van der Waals surface area contributed by atoms with Crippen molar-refractivity contribution in [1.29, 1.82) is 0 Å². The van der Waals surface area contributed by atoms with Gasteiger partial charge in [-0.2, -0.15) is 13.2 Å². The molecule has 2 N–H and O–H groups in total. The Balaban J connectivity index is 0.784. The van der Waals surface area contributed by atoms with E-state index in [0.29, 0.717) is 18.8 Å². The van der Waals surface area contributed by atoms with Gasteiger partial charge in [-0.3, -0.25) is 39.1 Å². The van der Waals surface area contributed by atoms with Gasteiger partial charge in [0.25, 0.3) is 17.7 Å². The fourth-order valence-corrected chi connectivity index (χ4v) is 9.56. The van der Waals surface area contributed by atoms with Crippen molar-refractivity contribution in [3.63, 3.8) is 0 Å². The maximum Gasteiger partial charge on any atom is 0.407 e. The first-order chi connectivity index (χ1) is 28.8. The lowest BCUT2D eigenvalue weighted by atomic mass is 9.75. The number of aromatic nitrogens is 1. The normalized spacial score (nSPS) is 21.2. The van der Waals surface area contributed by atoms with Gasteiger partial charge in [0.05, 0.1) is 23.3 Å². The minimum Gasteiger partial charge on any atom is -0.371 e. The number of fused-ring (bicyclic) bond motifs is 2. The molecule has 5 heterocycles. The minimum atomic E-state index is -4.72. The fourth-order valence-electron chi connectivity index (χ4n) is 9.56. The van der Waals surface area contributed by atoms with Crippen LogP contribution in [0.5, 0.6) is 0 Å². The predicted molar refractivity (Wildman–Crippen MR) is 217 cm³/mol. The Morgan fingerprint density at radius 2 is 1.53 bits per heavy atom. The van der Waals surface area contributed by atoms with Crippen molar-refractivity contribution in [2.45, 2.75) is 62.7 Å². The van der Waals surface area contributed by atoms with Gasteiger partial charge in [0.15, 0.2) is 5.69 Å². The summed E-state index contributed by atoms with van der Waals surface area (Å²) < 4.78 is 42.8. The fraction of sp³-hybridized carbons (Fsp3) is 0.409. The second kappa shape index (κ2) is 15.1. The summed E-state index contributed by atoms with van der Waals surface area (Å²) in [5.41, 5.74) is 0.909. The van der Waals surface area contributed by atoms with E-state index in [1.165, 1.54) is 6.07 Å². The quantitative estimate of drug-likeness (QED) is 0.160. The van der Waals surface area contributed by atoms with E-state index in [9.17, 15) is 37.1 Å². The van der Waals surface area contributed by atoms with Gasteiger partial charge in [-0.1, -0.05) is 6.07 Å². The van der Waals surface area contributed by atoms with Gasteiger partial charge < -0.3 is 19.7 Å². The van der Waals surface area contributed by atoms with Crippen LogP contribution in [0, 0.1) is 12.5 Å². The topological polar surface area (TPSA) is 132 Å². The molecule has 3 aromatic carbocycles. The number of anilines is 3. The molecule has 1 atom stereocenters. The third kappa shape index (κ3) is 6.94. The zero-order valence-corrected chi connectivity index (χ0v) is 32.8. The second-order valence-corrected chi connectivity index (χ2v) is 16.5. The number of benzene rings is 3. The Labute approximate surface area is 343 Å². The summed E-state index contributed by atoms with van der Waals surface area (Å²) in [5, 5.41) is 5.93. The third-order valence-electron chi connectivity index (χ3n) is 13.1. The van der Waals surface area contributed by atoms with Gasteiger partial charge in [0.2, 0.25) is 11.8 Å². The zero-order valence-electron chi connectivity index (χ0n) is 32.8. The molecule has 1 saturated carbocycles. The van der Waals surface area contributed by atoms with Crippen LogP contribution in [0.25, 0.3) is 15.7 Å². The third-order valence-corrected chi connectivity index (χ3v) is 13.1. The average Bonchev–Trinajstić information content (AvgIpc) is 3.74. The van der Waals surface area contributed by atoms with Crippen molar-refractivity contribution >= 4 is 63.2 Å². The molecule has 0 spiro atoms. The van der Waals surface area contributed by atoms with Crippen LogP contribution in [0.3, 0.4) is 0 Å². The number of alkyl halides is 3. The maximum atomic E-state index is 13.7. The first kappa shape index (κ1) is 39.3. The van der Waals surface area contributed by atoms with Gasteiger partial charge in [0, 0.05) is 86.4 Å². The number of nitrogens with one attached hydrogen (secondary N) is 2. The summed E-state index contributed by atoms with van der Waals surface area (Å²) in [6, 6.07) is 15.8. The van der Waals surface area contributed by atoms with Crippen LogP contribution in [0.2, 0.25) is 0 Å². The number of carbonyl (C=O) groups is 5. The van der Waals surface area contributed by atoms with Crippen molar-refractivity contribution in [2.24, 2.45) is 5.92 Å². The number of hydrogen-bond acceptors (Lipinski definition) is 8. The number of nitrogens with zero attached hydrogens (tertiary/aromatic N) is 6. The minimum absolute atomic E-state index is 0.00608. The van der Waals surface area contributed by atoms with Crippen LogP contribution in [-0.4, -0.2) is 95.8 Å². The molecule has 4 fully saturated rings. The number of carbonyl (C=O) groups excluding carboxylic acids is 5. The van der Waals surface area contributed by atoms with Crippen molar-refractivity contribution in [1.82, 2.24) is 19.7 Å². The van der Waals surface area contributed by atoms with Crippen LogP contribution >= 0.6 is 0 Å². The molecule has 5 aliphatic rings. The summed E-state index contributed by atoms with van der Waals surface area (Å²) >= 11 is 0. The Bertz CT molecular complexity index is 2470. The molecule has 0 bridgehead atoms. The van der Waals surface area contributed by atoms with E-state index in [1.807, 2.05) is 29.0 Å². The van der Waals surface area contributed by atoms with Crippen LogP contribution in [0.1, 0.15) is 71.2 Å². The van der Waals surface area contributed by atoms with Crippen molar-refractivity contribution in [3.05, 3.63) is 95.0 Å². The highest BCUT2D eigenvalue weighted by molar-refractivity contribution is 6.23. The van der Waals surface area contributed by atoms with E-state index >= 15 is 0 Å². The predicted octanol–water partition coefficient (Wildman–Crippen LogP) is 6.17. The molecular weight excluding hydrogens is 778 g/mol. The Morgan fingerprint density at radius 3 is 2.22 bits per heavy atom. The first-order valence-corrected chi connectivity index (χ1v) is 20.4. The molecule has 5 amide bonds. The highest BCUT2D eigenvalue weighted by Crippen LogP contribution is 2.44. The molecule has 3 saturated heterocycles. The number of rotatable bonds is 8. The van der Waals surface area contributed by atoms with Crippen LogP contribution in [-0.2, 0) is 26.1 Å². The molecule has 4 aromatic rings. The summed E-state index contributed by atoms with van der Waals surface area (Å²) in [6.45, 7) is 13.2. The lowest BCUT2D eigenvalue weighted by Gasteiger charge is -2.42. The Morgan fingerprint density at radius 1 is 0.833 bits per heavy atom. The first-order valence-electron chi connectivity index (χ1n) is 20.4. The maximum absolute atomic E-state index is 13.7. The lowest BCUT2D eigenvalue weighted by Crippen LogP contribution is -2.54. The molecule has 1 aliphatic carbocycles. The molecule has 16 heteroatoms. The Kier molecular flexibility index (Phi) is 9.89. The second-order valence-electron chi connectivity index (χ2n) is 16.5. The Hall–Kier alpha value is -6.21. The van der Waals surface area contributed by atoms with Crippen LogP contribution in [0.15, 0.2) is 66.9 Å². The molecule has 9 rings (SSSR count). The van der Waals surface area contributed by atoms with E-state index < -0.39 is 52.6 Å². The van der Waals surface area contributed by atoms with Gasteiger partial charge in [-0.05, 0) is 99.0 Å². The van der Waals surface area contributed by atoms with E-state index in [0.717, 1.165) is 104 Å². The molecule has 1 aromatic heterocycles. The number of piperazine rings is 1. The summed E-state index contributed by atoms with van der Waals surface area (Å²) in [4.78, 5) is 75.4. The summed E-state index contributed by atoms with van der Waals surface area (Å²) in [5.74, 6) is -1.88. The van der Waals surface area contributed by atoms with Crippen molar-refractivity contribution in [2.75, 3.05) is 60.9 Å². The summed E-state index contributed by atoms with van der Waals surface area (Å²) in [7, 11) is 0. The van der Waals surface area contributed by atoms with E-state index in [1.54, 1.807) is 12.1 Å². The number of halogens is 3. The smallest absolute Gasteiger partial charge is 0.371 e. The van der Waals surface area contributed by atoms with Crippen molar-refractivity contribution in [3.8, 4) is 0 Å². The zero-order chi connectivity index (χ0) is 41.9. The number of hydrogen-bond donors (Lipinski definition) is 2. The molecule has 310 valence electrons. The van der Waals surface area contributed by atoms with E-state index in [4.69, 9.17) is 6.57 Å². The SMILES string of the molecule is [C-]#[N+]c1ccc(NC(=O)C2(n3ccc4cc(N5CCC(CN6CCN(c7ccc8c(c7)C(=O)N(C7CCC(=O)NC7=O)C8=O)CC6)CC5)ccc43)CCC2)cc1C(F)(F)F. The van der Waals surface area contributed by atoms with Gasteiger partial charge in [-0.25, -0.2) is 4.85 Å². The molecule has 4 aliphatic heterocycles. The largest absolute Gasteiger partial charge is 0.407 e. The van der Waals surface area contributed by atoms with Gasteiger partial charge in [-0.15, -0.1) is 0 Å². The number of imide groups is 2. The summed E-state index contributed by atoms with van der Waals surface area (Å²) in [6.07, 6.45) is 1.39. The molecule has 13 nitrogen and oxygen atoms in total. The van der Waals surface area contributed by atoms with Crippen LogP contribution < -0.4 is 20.4 Å². The van der Waals surface area contributed by atoms with Crippen LogP contribution in [0.4, 0.5) is 35.9 Å². The number of amides is 5. The molecule has 60 heavy (non-hydrogen) atoms. The molecular formula is C44H43F3N8O5. The van der Waals surface area contributed by atoms with E-state index in [-0.39, 0.29) is 35.6 Å². The average molecular weight is 821 g/mol. The van der Waals surface area contributed by atoms with Crippen molar-refractivity contribution < 1.29 is 37.1 Å². The lowest BCUT2D eigenvalue weighted by molar-refractivity contribution is -0.137.